The molecule has 0 fully saturated rings. The van der Waals surface area contributed by atoms with Crippen molar-refractivity contribution >= 4 is 45.3 Å². The van der Waals surface area contributed by atoms with E-state index in [1.807, 2.05) is 34.6 Å². The Hall–Kier alpha value is -1.52. The van der Waals surface area contributed by atoms with Gasteiger partial charge < -0.3 is 14.8 Å². The van der Waals surface area contributed by atoms with Crippen LogP contribution in [0.15, 0.2) is 12.2 Å². The highest BCUT2D eigenvalue weighted by Crippen LogP contribution is 2.30. The van der Waals surface area contributed by atoms with Crippen LogP contribution in [0.3, 0.4) is 0 Å². The minimum absolute atomic E-state index is 0.226. The Bertz CT molecular complexity index is 675. The van der Waals surface area contributed by atoms with Gasteiger partial charge in [0.05, 0.1) is 5.60 Å². The maximum atomic E-state index is 12.2. The molecular formula is C21H34N2O6S2. The van der Waals surface area contributed by atoms with E-state index in [1.165, 1.54) is 6.92 Å². The molecule has 0 aromatic rings. The Morgan fingerprint density at radius 2 is 1.74 bits per heavy atom. The number of nitrogens with zero attached hydrogens (tertiary/aromatic N) is 1. The summed E-state index contributed by atoms with van der Waals surface area (Å²) in [6.07, 6.45) is 3.76. The van der Waals surface area contributed by atoms with Gasteiger partial charge in [0.2, 0.25) is 5.91 Å². The third-order valence-electron chi connectivity index (χ3n) is 4.44. The fraction of sp³-hybridized carbons (Fsp3) is 0.714. The average molecular weight is 475 g/mol. The number of rotatable bonds is 14. The van der Waals surface area contributed by atoms with E-state index in [4.69, 9.17) is 9.47 Å². The summed E-state index contributed by atoms with van der Waals surface area (Å²) in [6, 6.07) is 0. The van der Waals surface area contributed by atoms with Crippen molar-refractivity contribution in [1.29, 1.82) is 0 Å². The van der Waals surface area contributed by atoms with Gasteiger partial charge in [-0.15, -0.1) is 0 Å². The minimum atomic E-state index is -0.539. The highest BCUT2D eigenvalue weighted by molar-refractivity contribution is 8.76. The summed E-state index contributed by atoms with van der Waals surface area (Å²) in [6.45, 7) is 11.8. The topological polar surface area (TPSA) is 102 Å². The molecule has 0 aromatic carbocycles. The standard InChI is InChI=1S/C21H34N2O6S2/c1-15(14-28-16(2)24)31-30-12-10-21(5,6)29-11-9-20(3,4)22-17(25)13-23-18(26)7-8-19(23)27/h7-8,15H,9-14H2,1-6H3,(H,22,25). The first kappa shape index (κ1) is 27.5. The second-order valence-electron chi connectivity index (χ2n) is 8.67. The van der Waals surface area contributed by atoms with Crippen LogP contribution in [0.4, 0.5) is 0 Å². The molecule has 10 heteroatoms. The first-order valence-electron chi connectivity index (χ1n) is 10.2. The number of carbonyl (C=O) groups excluding carboxylic acids is 4. The number of imide groups is 1. The molecule has 1 heterocycles. The molecule has 31 heavy (non-hydrogen) atoms. The lowest BCUT2D eigenvalue weighted by molar-refractivity contribution is -0.141. The Kier molecular flexibility index (Phi) is 11.1. The van der Waals surface area contributed by atoms with Crippen molar-refractivity contribution in [2.45, 2.75) is 70.8 Å². The van der Waals surface area contributed by atoms with Crippen molar-refractivity contribution in [2.75, 3.05) is 25.5 Å². The molecule has 0 saturated heterocycles. The SMILES string of the molecule is CC(=O)OCC(C)SSCCC(C)(C)OCCC(C)(C)NC(=O)CN1C(=O)C=CC1=O. The normalized spacial score (nSPS) is 15.4. The second-order valence-corrected chi connectivity index (χ2v) is 11.6. The summed E-state index contributed by atoms with van der Waals surface area (Å²) >= 11 is 0. The van der Waals surface area contributed by atoms with Crippen molar-refractivity contribution in [3.8, 4) is 0 Å². The Balaban J connectivity index is 2.26. The van der Waals surface area contributed by atoms with Crippen LogP contribution in [0.5, 0.6) is 0 Å². The Morgan fingerprint density at radius 1 is 1.13 bits per heavy atom. The smallest absolute Gasteiger partial charge is 0.302 e. The van der Waals surface area contributed by atoms with Gasteiger partial charge in [-0.1, -0.05) is 21.6 Å². The molecule has 1 aliphatic heterocycles. The van der Waals surface area contributed by atoms with Crippen LogP contribution in [0.25, 0.3) is 0 Å². The summed E-state index contributed by atoms with van der Waals surface area (Å²) in [7, 11) is 3.41. The molecule has 3 amide bonds. The molecule has 1 rings (SSSR count). The molecule has 0 aromatic heterocycles. The quantitative estimate of drug-likeness (QED) is 0.177. The van der Waals surface area contributed by atoms with Gasteiger partial charge in [0.25, 0.3) is 11.8 Å². The van der Waals surface area contributed by atoms with Crippen molar-refractivity contribution in [3.63, 3.8) is 0 Å². The number of hydrogen-bond acceptors (Lipinski definition) is 8. The van der Waals surface area contributed by atoms with E-state index < -0.39 is 17.4 Å². The predicted molar refractivity (Wildman–Crippen MR) is 123 cm³/mol. The molecule has 176 valence electrons. The molecule has 1 N–H and O–H groups in total. The van der Waals surface area contributed by atoms with E-state index in [9.17, 15) is 19.2 Å². The van der Waals surface area contributed by atoms with E-state index in [1.54, 1.807) is 21.6 Å². The fourth-order valence-electron chi connectivity index (χ4n) is 2.58. The zero-order valence-electron chi connectivity index (χ0n) is 19.2. The summed E-state index contributed by atoms with van der Waals surface area (Å²) < 4.78 is 11.0. The van der Waals surface area contributed by atoms with E-state index in [0.717, 1.165) is 29.2 Å². The van der Waals surface area contributed by atoms with Crippen molar-refractivity contribution < 1.29 is 28.7 Å². The lowest BCUT2D eigenvalue weighted by Gasteiger charge is -2.30. The largest absolute Gasteiger partial charge is 0.465 e. The van der Waals surface area contributed by atoms with Crippen LogP contribution in [-0.2, 0) is 28.7 Å². The van der Waals surface area contributed by atoms with Gasteiger partial charge in [0.1, 0.15) is 13.2 Å². The van der Waals surface area contributed by atoms with Gasteiger partial charge in [0.15, 0.2) is 0 Å². The predicted octanol–water partition coefficient (Wildman–Crippen LogP) is 2.71. The number of nitrogens with one attached hydrogen (secondary N) is 1. The third kappa shape index (κ3) is 11.6. The first-order valence-corrected chi connectivity index (χ1v) is 12.6. The van der Waals surface area contributed by atoms with E-state index >= 15 is 0 Å². The lowest BCUT2D eigenvalue weighted by atomic mass is 10.0. The maximum Gasteiger partial charge on any atom is 0.302 e. The average Bonchev–Trinajstić information content (AvgIpc) is 2.94. The zero-order chi connectivity index (χ0) is 23.7. The first-order chi connectivity index (χ1) is 14.3. The summed E-state index contributed by atoms with van der Waals surface area (Å²) in [5, 5.41) is 3.09. The van der Waals surface area contributed by atoms with Crippen molar-refractivity contribution in [2.24, 2.45) is 0 Å². The molecule has 0 aliphatic carbocycles. The Morgan fingerprint density at radius 3 is 2.32 bits per heavy atom. The second kappa shape index (κ2) is 12.5. The van der Waals surface area contributed by atoms with Gasteiger partial charge in [-0.05, 0) is 47.5 Å². The Labute approximate surface area is 192 Å². The van der Waals surface area contributed by atoms with Gasteiger partial charge >= 0.3 is 5.97 Å². The van der Waals surface area contributed by atoms with Crippen molar-refractivity contribution in [3.05, 3.63) is 12.2 Å². The third-order valence-corrected chi connectivity index (χ3v) is 7.31. The van der Waals surface area contributed by atoms with Crippen LogP contribution >= 0.6 is 21.6 Å². The lowest BCUT2D eigenvalue weighted by Crippen LogP contribution is -2.49. The molecule has 0 spiro atoms. The molecular weight excluding hydrogens is 440 g/mol. The van der Waals surface area contributed by atoms with Gasteiger partial charge in [-0.2, -0.15) is 0 Å². The summed E-state index contributed by atoms with van der Waals surface area (Å²) in [5.41, 5.74) is -0.851. The number of amides is 3. The molecule has 0 bridgehead atoms. The van der Waals surface area contributed by atoms with Crippen LogP contribution in [-0.4, -0.2) is 70.5 Å². The monoisotopic (exact) mass is 474 g/mol. The fourth-order valence-corrected chi connectivity index (χ4v) is 5.01. The number of hydrogen-bond donors (Lipinski definition) is 1. The molecule has 0 saturated carbocycles. The number of esters is 1. The van der Waals surface area contributed by atoms with Gasteiger partial charge in [0, 0.05) is 42.2 Å². The van der Waals surface area contributed by atoms with Crippen molar-refractivity contribution in [1.82, 2.24) is 10.2 Å². The summed E-state index contributed by atoms with van der Waals surface area (Å²) in [4.78, 5) is 47.1. The highest BCUT2D eigenvalue weighted by Gasteiger charge is 2.28. The highest BCUT2D eigenvalue weighted by atomic mass is 33.1. The van der Waals surface area contributed by atoms with E-state index in [0.29, 0.717) is 19.6 Å². The zero-order valence-corrected chi connectivity index (χ0v) is 20.8. The maximum absolute atomic E-state index is 12.2. The van der Waals surface area contributed by atoms with Crippen LogP contribution < -0.4 is 5.32 Å². The summed E-state index contributed by atoms with van der Waals surface area (Å²) in [5.74, 6) is -0.694. The minimum Gasteiger partial charge on any atom is -0.465 e. The molecule has 1 atom stereocenters. The molecule has 0 radical (unpaired) electrons. The van der Waals surface area contributed by atoms with Crippen LogP contribution in [0, 0.1) is 0 Å². The number of carbonyl (C=O) groups is 4. The van der Waals surface area contributed by atoms with Crippen LogP contribution in [0.2, 0.25) is 0 Å². The molecule has 1 aliphatic rings. The number of ether oxygens (including phenoxy) is 2. The van der Waals surface area contributed by atoms with E-state index in [2.05, 4.69) is 5.32 Å². The van der Waals surface area contributed by atoms with Crippen LogP contribution in [0.1, 0.15) is 54.4 Å². The molecule has 8 nitrogen and oxygen atoms in total. The van der Waals surface area contributed by atoms with Gasteiger partial charge in [-0.3, -0.25) is 24.1 Å². The van der Waals surface area contributed by atoms with E-state index in [-0.39, 0.29) is 29.3 Å². The van der Waals surface area contributed by atoms with Gasteiger partial charge in [-0.25, -0.2) is 0 Å². The molecule has 1 unspecified atom stereocenters.